The largest absolute Gasteiger partial charge is 0.468 e. The quantitative estimate of drug-likeness (QED) is 0.508. The van der Waals surface area contributed by atoms with Gasteiger partial charge in [-0.3, -0.25) is 9.69 Å². The predicted molar refractivity (Wildman–Crippen MR) is 62.3 cm³/mol. The summed E-state index contributed by atoms with van der Waals surface area (Å²) in [6.45, 7) is 7.56. The Bertz CT molecular complexity index is 218. The number of hydrogen-bond acceptors (Lipinski definition) is 4. The van der Waals surface area contributed by atoms with Crippen LogP contribution in [0.4, 0.5) is 0 Å². The van der Waals surface area contributed by atoms with E-state index in [2.05, 4.69) is 18.7 Å². The van der Waals surface area contributed by atoms with Gasteiger partial charge in [-0.15, -0.1) is 0 Å². The molecule has 0 radical (unpaired) electrons. The summed E-state index contributed by atoms with van der Waals surface area (Å²) in [6.07, 6.45) is 1.99. The molecule has 1 rings (SSSR count). The molecule has 0 saturated carbocycles. The molecule has 0 amide bonds. The molecular formula is C12H23NO3. The third-order valence-corrected chi connectivity index (χ3v) is 2.81. The molecule has 1 aliphatic rings. The van der Waals surface area contributed by atoms with E-state index in [1.165, 1.54) is 7.11 Å². The third kappa shape index (κ3) is 4.10. The fourth-order valence-electron chi connectivity index (χ4n) is 2.00. The van der Waals surface area contributed by atoms with Gasteiger partial charge in [-0.2, -0.15) is 0 Å². The molecule has 0 aromatic heterocycles. The Balaban J connectivity index is 2.22. The first-order valence-electron chi connectivity index (χ1n) is 6.04. The summed E-state index contributed by atoms with van der Waals surface area (Å²) < 4.78 is 10.3. The lowest BCUT2D eigenvalue weighted by Gasteiger charge is -2.22. The van der Waals surface area contributed by atoms with E-state index in [0.717, 1.165) is 32.5 Å². The first-order valence-corrected chi connectivity index (χ1v) is 6.04. The summed E-state index contributed by atoms with van der Waals surface area (Å²) in [7, 11) is 1.45. The molecule has 1 saturated heterocycles. The van der Waals surface area contributed by atoms with Crippen LogP contribution in [0.2, 0.25) is 0 Å². The minimum Gasteiger partial charge on any atom is -0.468 e. The monoisotopic (exact) mass is 229 g/mol. The van der Waals surface area contributed by atoms with E-state index in [1.54, 1.807) is 0 Å². The molecule has 1 heterocycles. The van der Waals surface area contributed by atoms with Gasteiger partial charge in [0.1, 0.15) is 6.04 Å². The minimum atomic E-state index is -0.110. The second kappa shape index (κ2) is 6.86. The van der Waals surface area contributed by atoms with Gasteiger partial charge < -0.3 is 9.47 Å². The summed E-state index contributed by atoms with van der Waals surface area (Å²) in [6, 6.07) is -0.0485. The zero-order chi connectivity index (χ0) is 12.0. The van der Waals surface area contributed by atoms with Crippen LogP contribution in [0, 0.1) is 5.92 Å². The van der Waals surface area contributed by atoms with E-state index >= 15 is 0 Å². The lowest BCUT2D eigenvalue weighted by Crippen LogP contribution is -2.38. The smallest absolute Gasteiger partial charge is 0.323 e. The van der Waals surface area contributed by atoms with Crippen LogP contribution in [-0.4, -0.2) is 50.3 Å². The van der Waals surface area contributed by atoms with Crippen molar-refractivity contribution in [3.8, 4) is 0 Å². The van der Waals surface area contributed by atoms with E-state index in [-0.39, 0.29) is 12.0 Å². The van der Waals surface area contributed by atoms with E-state index in [4.69, 9.17) is 9.47 Å². The van der Waals surface area contributed by atoms with E-state index in [9.17, 15) is 4.79 Å². The number of methoxy groups -OCH3 is 1. The number of ether oxygens (including phenoxy) is 2. The molecule has 94 valence electrons. The van der Waals surface area contributed by atoms with Crippen molar-refractivity contribution in [3.63, 3.8) is 0 Å². The average molecular weight is 229 g/mol. The van der Waals surface area contributed by atoms with E-state index in [1.807, 2.05) is 0 Å². The molecule has 4 heteroatoms. The third-order valence-electron chi connectivity index (χ3n) is 2.81. The van der Waals surface area contributed by atoms with Crippen LogP contribution in [-0.2, 0) is 14.3 Å². The van der Waals surface area contributed by atoms with Gasteiger partial charge in [0.05, 0.1) is 13.7 Å². The fraction of sp³-hybridized carbons (Fsp3) is 0.917. The van der Waals surface area contributed by atoms with E-state index in [0.29, 0.717) is 12.5 Å². The second-order valence-electron chi connectivity index (χ2n) is 4.69. The highest BCUT2D eigenvalue weighted by Crippen LogP contribution is 2.17. The number of esters is 1. The van der Waals surface area contributed by atoms with Gasteiger partial charge in [0.25, 0.3) is 0 Å². The topological polar surface area (TPSA) is 38.8 Å². The van der Waals surface area contributed by atoms with Crippen LogP contribution in [0.1, 0.15) is 26.7 Å². The highest BCUT2D eigenvalue weighted by Gasteiger charge is 2.30. The van der Waals surface area contributed by atoms with Gasteiger partial charge >= 0.3 is 5.97 Å². The Morgan fingerprint density at radius 2 is 2.25 bits per heavy atom. The van der Waals surface area contributed by atoms with Gasteiger partial charge in [0.15, 0.2) is 0 Å². The summed E-state index contributed by atoms with van der Waals surface area (Å²) in [5.41, 5.74) is 0. The summed E-state index contributed by atoms with van der Waals surface area (Å²) >= 11 is 0. The minimum absolute atomic E-state index is 0.0485. The molecule has 1 fully saturated rings. The van der Waals surface area contributed by atoms with Crippen LogP contribution in [0.3, 0.4) is 0 Å². The molecule has 16 heavy (non-hydrogen) atoms. The molecule has 0 aliphatic carbocycles. The van der Waals surface area contributed by atoms with Crippen molar-refractivity contribution < 1.29 is 14.3 Å². The van der Waals surface area contributed by atoms with Crippen LogP contribution in [0.15, 0.2) is 0 Å². The Labute approximate surface area is 97.9 Å². The van der Waals surface area contributed by atoms with Crippen molar-refractivity contribution in [3.05, 3.63) is 0 Å². The van der Waals surface area contributed by atoms with Crippen molar-refractivity contribution in [2.75, 3.05) is 33.4 Å². The number of nitrogens with zero attached hydrogens (tertiary/aromatic N) is 1. The molecule has 0 aromatic rings. The fourth-order valence-corrected chi connectivity index (χ4v) is 2.00. The zero-order valence-corrected chi connectivity index (χ0v) is 10.6. The van der Waals surface area contributed by atoms with Crippen molar-refractivity contribution >= 4 is 5.97 Å². The number of carbonyl (C=O) groups is 1. The molecule has 0 spiro atoms. The van der Waals surface area contributed by atoms with Crippen molar-refractivity contribution in [1.29, 1.82) is 0 Å². The molecule has 1 unspecified atom stereocenters. The predicted octanol–water partition coefficient (Wildman–Crippen LogP) is 1.30. The number of rotatable bonds is 6. The van der Waals surface area contributed by atoms with Crippen molar-refractivity contribution in [1.82, 2.24) is 4.90 Å². The summed E-state index contributed by atoms with van der Waals surface area (Å²) in [5, 5.41) is 0. The van der Waals surface area contributed by atoms with Gasteiger partial charge in [0, 0.05) is 13.2 Å². The summed E-state index contributed by atoms with van der Waals surface area (Å²) in [5.74, 6) is 0.455. The van der Waals surface area contributed by atoms with Crippen LogP contribution >= 0.6 is 0 Å². The van der Waals surface area contributed by atoms with Gasteiger partial charge in [-0.25, -0.2) is 0 Å². The lowest BCUT2D eigenvalue weighted by molar-refractivity contribution is -0.146. The highest BCUT2D eigenvalue weighted by atomic mass is 16.5. The van der Waals surface area contributed by atoms with Crippen molar-refractivity contribution in [2.45, 2.75) is 32.7 Å². The molecule has 1 atom stereocenters. The Kier molecular flexibility index (Phi) is 5.77. The Morgan fingerprint density at radius 3 is 2.88 bits per heavy atom. The maximum absolute atomic E-state index is 11.5. The van der Waals surface area contributed by atoms with Crippen LogP contribution in [0.5, 0.6) is 0 Å². The number of hydrogen-bond donors (Lipinski definition) is 0. The molecular weight excluding hydrogens is 206 g/mol. The average Bonchev–Trinajstić information content (AvgIpc) is 2.71. The first kappa shape index (κ1) is 13.5. The second-order valence-corrected chi connectivity index (χ2v) is 4.69. The Hall–Kier alpha value is -0.610. The molecule has 0 aromatic carbocycles. The molecule has 4 nitrogen and oxygen atoms in total. The van der Waals surface area contributed by atoms with Crippen molar-refractivity contribution in [2.24, 2.45) is 5.92 Å². The highest BCUT2D eigenvalue weighted by molar-refractivity contribution is 5.75. The Morgan fingerprint density at radius 1 is 1.50 bits per heavy atom. The zero-order valence-electron chi connectivity index (χ0n) is 10.6. The SMILES string of the molecule is COC(=O)C1CCCN1CCOCC(C)C. The molecule has 1 aliphatic heterocycles. The van der Waals surface area contributed by atoms with Gasteiger partial charge in [-0.05, 0) is 25.3 Å². The lowest BCUT2D eigenvalue weighted by atomic mass is 10.2. The van der Waals surface area contributed by atoms with Gasteiger partial charge in [-0.1, -0.05) is 13.8 Å². The van der Waals surface area contributed by atoms with Crippen LogP contribution < -0.4 is 0 Å². The van der Waals surface area contributed by atoms with Crippen LogP contribution in [0.25, 0.3) is 0 Å². The number of carbonyl (C=O) groups excluding carboxylic acids is 1. The summed E-state index contributed by atoms with van der Waals surface area (Å²) in [4.78, 5) is 13.6. The van der Waals surface area contributed by atoms with Gasteiger partial charge in [0.2, 0.25) is 0 Å². The first-order chi connectivity index (χ1) is 7.65. The molecule has 0 N–H and O–H groups in total. The maximum atomic E-state index is 11.5. The molecule has 0 bridgehead atoms. The number of likely N-dealkylation sites (tertiary alicyclic amines) is 1. The normalized spacial score (nSPS) is 21.6. The maximum Gasteiger partial charge on any atom is 0.323 e. The van der Waals surface area contributed by atoms with E-state index < -0.39 is 0 Å². The standard InChI is InChI=1S/C12H23NO3/c1-10(2)9-16-8-7-13-6-4-5-11(13)12(14)15-3/h10-11H,4-9H2,1-3H3.